The molecule has 1 aliphatic carbocycles. The van der Waals surface area contributed by atoms with Gasteiger partial charge >= 0.3 is 5.97 Å². The molecule has 126 valence electrons. The van der Waals surface area contributed by atoms with Gasteiger partial charge in [0.1, 0.15) is 12.4 Å². The molecule has 2 aromatic carbocycles. The van der Waals surface area contributed by atoms with E-state index in [0.717, 1.165) is 41.7 Å². The third kappa shape index (κ3) is 3.30. The molecule has 1 N–H and O–H groups in total. The lowest BCUT2D eigenvalue weighted by molar-refractivity contribution is -0.145. The highest BCUT2D eigenvalue weighted by Crippen LogP contribution is 2.41. The van der Waals surface area contributed by atoms with Crippen LogP contribution in [0.15, 0.2) is 48.5 Å². The number of carbonyl (C=O) groups is 1. The molecule has 3 rings (SSSR count). The molecule has 0 aliphatic heterocycles. The molecule has 3 nitrogen and oxygen atoms in total. The fourth-order valence-electron chi connectivity index (χ4n) is 3.57. The zero-order chi connectivity index (χ0) is 17.0. The van der Waals surface area contributed by atoms with E-state index < -0.39 is 11.4 Å². The number of ether oxygens (including phenoxy) is 1. The minimum atomic E-state index is -0.753. The Balaban J connectivity index is 1.86. The van der Waals surface area contributed by atoms with Crippen molar-refractivity contribution in [1.29, 1.82) is 0 Å². The Bertz CT molecular complexity index is 700. The molecule has 0 unspecified atom stereocenters. The van der Waals surface area contributed by atoms with Gasteiger partial charge in [-0.05, 0) is 42.5 Å². The van der Waals surface area contributed by atoms with E-state index in [-0.39, 0.29) is 0 Å². The Morgan fingerprint density at radius 3 is 2.46 bits per heavy atom. The Kier molecular flexibility index (Phi) is 4.89. The van der Waals surface area contributed by atoms with Crippen molar-refractivity contribution >= 4 is 5.97 Å². The first-order valence-electron chi connectivity index (χ1n) is 8.63. The predicted molar refractivity (Wildman–Crippen MR) is 94.4 cm³/mol. The Morgan fingerprint density at radius 1 is 1.08 bits per heavy atom. The van der Waals surface area contributed by atoms with Crippen molar-refractivity contribution in [2.45, 2.75) is 51.0 Å². The first kappa shape index (κ1) is 16.6. The Labute approximate surface area is 143 Å². The van der Waals surface area contributed by atoms with Crippen LogP contribution < -0.4 is 4.74 Å². The molecule has 2 aromatic rings. The first-order valence-corrected chi connectivity index (χ1v) is 8.63. The average Bonchev–Trinajstić information content (AvgIpc) is 2.62. The van der Waals surface area contributed by atoms with E-state index in [0.29, 0.717) is 19.4 Å². The second-order valence-electron chi connectivity index (χ2n) is 6.70. The van der Waals surface area contributed by atoms with E-state index in [1.807, 2.05) is 55.5 Å². The monoisotopic (exact) mass is 324 g/mol. The molecule has 0 radical (unpaired) electrons. The van der Waals surface area contributed by atoms with Gasteiger partial charge in [0, 0.05) is 0 Å². The third-order valence-electron chi connectivity index (χ3n) is 5.09. The van der Waals surface area contributed by atoms with Gasteiger partial charge in [-0.25, -0.2) is 0 Å². The molecule has 0 saturated heterocycles. The smallest absolute Gasteiger partial charge is 0.314 e. The van der Waals surface area contributed by atoms with Gasteiger partial charge in [0.25, 0.3) is 0 Å². The van der Waals surface area contributed by atoms with Gasteiger partial charge in [-0.2, -0.15) is 0 Å². The molecule has 0 spiro atoms. The van der Waals surface area contributed by atoms with Crippen molar-refractivity contribution in [3.05, 3.63) is 65.2 Å². The van der Waals surface area contributed by atoms with Crippen LogP contribution in [0.1, 0.15) is 48.8 Å². The van der Waals surface area contributed by atoms with E-state index in [1.165, 1.54) is 0 Å². The topological polar surface area (TPSA) is 46.5 Å². The molecule has 0 bridgehead atoms. The van der Waals surface area contributed by atoms with Gasteiger partial charge in [-0.1, -0.05) is 61.7 Å². The van der Waals surface area contributed by atoms with Crippen molar-refractivity contribution in [3.63, 3.8) is 0 Å². The molecule has 1 fully saturated rings. The summed E-state index contributed by atoms with van der Waals surface area (Å²) in [6.07, 6.45) is 4.49. The standard InChI is InChI=1S/C21H24O3/c1-16-10-11-18(21(20(22)23)12-6-3-7-13-21)14-19(16)24-15-17-8-4-2-5-9-17/h2,4-5,8-11,14H,3,6-7,12-13,15H2,1H3,(H,22,23). The molecule has 0 amide bonds. The Morgan fingerprint density at radius 2 is 1.79 bits per heavy atom. The molecule has 1 saturated carbocycles. The van der Waals surface area contributed by atoms with E-state index >= 15 is 0 Å². The highest BCUT2D eigenvalue weighted by atomic mass is 16.5. The number of aryl methyl sites for hydroxylation is 1. The summed E-state index contributed by atoms with van der Waals surface area (Å²) in [6.45, 7) is 2.49. The zero-order valence-electron chi connectivity index (χ0n) is 14.1. The number of hydrogen-bond acceptors (Lipinski definition) is 2. The molecule has 1 aliphatic rings. The average molecular weight is 324 g/mol. The lowest BCUT2D eigenvalue weighted by atomic mass is 9.69. The van der Waals surface area contributed by atoms with Gasteiger partial charge in [0.15, 0.2) is 0 Å². The van der Waals surface area contributed by atoms with Gasteiger partial charge < -0.3 is 9.84 Å². The van der Waals surface area contributed by atoms with E-state index in [1.54, 1.807) is 0 Å². The molecule has 3 heteroatoms. The van der Waals surface area contributed by atoms with Crippen molar-refractivity contribution in [1.82, 2.24) is 0 Å². The number of rotatable bonds is 5. The maximum absolute atomic E-state index is 12.0. The maximum atomic E-state index is 12.0. The van der Waals surface area contributed by atoms with Crippen molar-refractivity contribution in [2.75, 3.05) is 0 Å². The van der Waals surface area contributed by atoms with Gasteiger partial charge in [0.05, 0.1) is 5.41 Å². The summed E-state index contributed by atoms with van der Waals surface area (Å²) in [5, 5.41) is 9.87. The fraction of sp³-hybridized carbons (Fsp3) is 0.381. The van der Waals surface area contributed by atoms with E-state index in [4.69, 9.17) is 4.74 Å². The van der Waals surface area contributed by atoms with Crippen LogP contribution in [0.25, 0.3) is 0 Å². The van der Waals surface area contributed by atoms with Crippen LogP contribution in [0, 0.1) is 6.92 Å². The van der Waals surface area contributed by atoms with Crippen LogP contribution in [0.3, 0.4) is 0 Å². The summed E-state index contributed by atoms with van der Waals surface area (Å²) in [4.78, 5) is 12.0. The van der Waals surface area contributed by atoms with Gasteiger partial charge in [0.2, 0.25) is 0 Å². The molecular weight excluding hydrogens is 300 g/mol. The summed E-state index contributed by atoms with van der Waals surface area (Å²) in [7, 11) is 0. The van der Waals surface area contributed by atoms with Crippen molar-refractivity contribution in [2.24, 2.45) is 0 Å². The largest absolute Gasteiger partial charge is 0.489 e. The molecular formula is C21H24O3. The second-order valence-corrected chi connectivity index (χ2v) is 6.70. The minimum Gasteiger partial charge on any atom is -0.489 e. The molecule has 24 heavy (non-hydrogen) atoms. The van der Waals surface area contributed by atoms with Crippen molar-refractivity contribution < 1.29 is 14.6 Å². The molecule has 0 aromatic heterocycles. The summed E-state index contributed by atoms with van der Waals surface area (Å²) in [5.41, 5.74) is 2.26. The number of hydrogen-bond donors (Lipinski definition) is 1. The second kappa shape index (κ2) is 7.08. The van der Waals surface area contributed by atoms with Gasteiger partial charge in [-0.15, -0.1) is 0 Å². The number of carboxylic acids is 1. The third-order valence-corrected chi connectivity index (χ3v) is 5.09. The van der Waals surface area contributed by atoms with Crippen LogP contribution in [-0.4, -0.2) is 11.1 Å². The normalized spacial score (nSPS) is 16.5. The van der Waals surface area contributed by atoms with Crippen LogP contribution in [-0.2, 0) is 16.8 Å². The summed E-state index contributed by atoms with van der Waals surface area (Å²) < 4.78 is 5.99. The minimum absolute atomic E-state index is 0.491. The van der Waals surface area contributed by atoms with E-state index in [2.05, 4.69) is 0 Å². The van der Waals surface area contributed by atoms with Crippen LogP contribution in [0.4, 0.5) is 0 Å². The quantitative estimate of drug-likeness (QED) is 0.854. The predicted octanol–water partition coefficient (Wildman–Crippen LogP) is 4.86. The van der Waals surface area contributed by atoms with E-state index in [9.17, 15) is 9.90 Å². The SMILES string of the molecule is Cc1ccc(C2(C(=O)O)CCCCC2)cc1OCc1ccccc1. The fourth-order valence-corrected chi connectivity index (χ4v) is 3.57. The zero-order valence-corrected chi connectivity index (χ0v) is 14.1. The lowest BCUT2D eigenvalue weighted by Crippen LogP contribution is -2.37. The van der Waals surface area contributed by atoms with Crippen LogP contribution >= 0.6 is 0 Å². The maximum Gasteiger partial charge on any atom is 0.314 e. The molecule has 0 heterocycles. The number of aliphatic carboxylic acids is 1. The number of benzene rings is 2. The lowest BCUT2D eigenvalue weighted by Gasteiger charge is -2.34. The van der Waals surface area contributed by atoms with Crippen LogP contribution in [0.2, 0.25) is 0 Å². The van der Waals surface area contributed by atoms with Gasteiger partial charge in [-0.3, -0.25) is 4.79 Å². The summed E-state index contributed by atoms with van der Waals surface area (Å²) >= 11 is 0. The summed E-state index contributed by atoms with van der Waals surface area (Å²) in [6, 6.07) is 15.9. The Hall–Kier alpha value is -2.29. The first-order chi connectivity index (χ1) is 11.6. The van der Waals surface area contributed by atoms with Crippen LogP contribution in [0.5, 0.6) is 5.75 Å². The van der Waals surface area contributed by atoms with Crippen molar-refractivity contribution in [3.8, 4) is 5.75 Å². The highest BCUT2D eigenvalue weighted by Gasteiger charge is 2.41. The highest BCUT2D eigenvalue weighted by molar-refractivity contribution is 5.81. The molecule has 0 atom stereocenters. The summed E-state index contributed by atoms with van der Waals surface area (Å²) in [5.74, 6) is 0.0719. The number of carboxylic acid groups (broad SMARTS) is 1.